The lowest BCUT2D eigenvalue weighted by Gasteiger charge is -2.26. The molecule has 0 N–H and O–H groups in total. The normalized spacial score (nSPS) is 17.2. The van der Waals surface area contributed by atoms with E-state index in [9.17, 15) is 4.79 Å². The number of hydrogen-bond acceptors (Lipinski definition) is 3. The van der Waals surface area contributed by atoms with Crippen molar-refractivity contribution in [2.75, 3.05) is 14.2 Å². The van der Waals surface area contributed by atoms with Gasteiger partial charge in [0.25, 0.3) is 0 Å². The maximum Gasteiger partial charge on any atom is 0.169 e. The highest BCUT2D eigenvalue weighted by molar-refractivity contribution is 6.01. The third-order valence-corrected chi connectivity index (χ3v) is 4.36. The Morgan fingerprint density at radius 2 is 1.79 bits per heavy atom. The van der Waals surface area contributed by atoms with Gasteiger partial charge in [-0.2, -0.15) is 0 Å². The van der Waals surface area contributed by atoms with Crippen molar-refractivity contribution in [3.05, 3.63) is 23.8 Å². The van der Waals surface area contributed by atoms with Gasteiger partial charge in [0.2, 0.25) is 0 Å². The van der Waals surface area contributed by atoms with Crippen molar-refractivity contribution >= 4 is 5.78 Å². The predicted molar refractivity (Wildman–Crippen MR) is 75.1 cm³/mol. The van der Waals surface area contributed by atoms with Crippen molar-refractivity contribution in [2.24, 2.45) is 5.41 Å². The molecule has 0 spiro atoms. The molecular weight excluding hydrogens is 240 g/mol. The van der Waals surface area contributed by atoms with Crippen LogP contribution in [0.5, 0.6) is 11.5 Å². The van der Waals surface area contributed by atoms with E-state index in [0.29, 0.717) is 11.5 Å². The highest BCUT2D eigenvalue weighted by Gasteiger charge is 2.39. The highest BCUT2D eigenvalue weighted by atomic mass is 16.5. The molecule has 1 aliphatic carbocycles. The summed E-state index contributed by atoms with van der Waals surface area (Å²) in [7, 11) is 3.20. The molecule has 3 heteroatoms. The van der Waals surface area contributed by atoms with E-state index in [-0.39, 0.29) is 11.2 Å². The van der Waals surface area contributed by atoms with Gasteiger partial charge in [0.15, 0.2) is 17.3 Å². The van der Waals surface area contributed by atoms with E-state index < -0.39 is 0 Å². The van der Waals surface area contributed by atoms with Gasteiger partial charge in [-0.1, -0.05) is 19.8 Å². The molecular formula is C16H22O3. The molecule has 1 aromatic rings. The zero-order valence-electron chi connectivity index (χ0n) is 12.0. The molecule has 0 heterocycles. The first-order chi connectivity index (χ1) is 9.16. The summed E-state index contributed by atoms with van der Waals surface area (Å²) in [6.07, 6.45) is 5.26. The van der Waals surface area contributed by atoms with Gasteiger partial charge in [-0.25, -0.2) is 0 Å². The first-order valence-electron chi connectivity index (χ1n) is 6.93. The quantitative estimate of drug-likeness (QED) is 0.756. The Labute approximate surface area is 114 Å². The Morgan fingerprint density at radius 3 is 2.32 bits per heavy atom. The smallest absolute Gasteiger partial charge is 0.169 e. The van der Waals surface area contributed by atoms with Crippen molar-refractivity contribution in [1.82, 2.24) is 0 Å². The molecule has 0 aliphatic heterocycles. The third kappa shape index (κ3) is 2.46. The molecule has 0 atom stereocenters. The number of benzene rings is 1. The van der Waals surface area contributed by atoms with E-state index in [4.69, 9.17) is 9.47 Å². The van der Waals surface area contributed by atoms with Crippen molar-refractivity contribution in [3.63, 3.8) is 0 Å². The minimum atomic E-state index is -0.153. The number of rotatable bonds is 5. The average molecular weight is 262 g/mol. The SMILES string of the molecule is CCC1(C(=O)c2ccc(OC)c(OC)c2)CCCC1. The van der Waals surface area contributed by atoms with E-state index >= 15 is 0 Å². The van der Waals surface area contributed by atoms with E-state index in [0.717, 1.165) is 37.7 Å². The van der Waals surface area contributed by atoms with E-state index in [1.54, 1.807) is 20.3 Å². The molecule has 1 aromatic carbocycles. The molecule has 19 heavy (non-hydrogen) atoms. The van der Waals surface area contributed by atoms with E-state index in [1.807, 2.05) is 12.1 Å². The third-order valence-electron chi connectivity index (χ3n) is 4.36. The van der Waals surface area contributed by atoms with Crippen molar-refractivity contribution in [1.29, 1.82) is 0 Å². The van der Waals surface area contributed by atoms with Gasteiger partial charge in [0.1, 0.15) is 0 Å². The monoisotopic (exact) mass is 262 g/mol. The molecule has 0 bridgehead atoms. The Bertz CT molecular complexity index is 459. The summed E-state index contributed by atoms with van der Waals surface area (Å²) in [5.41, 5.74) is 0.584. The Hall–Kier alpha value is -1.51. The second-order valence-corrected chi connectivity index (χ2v) is 5.24. The summed E-state index contributed by atoms with van der Waals surface area (Å²) in [6, 6.07) is 5.46. The van der Waals surface area contributed by atoms with Gasteiger partial charge in [-0.3, -0.25) is 4.79 Å². The molecule has 0 unspecified atom stereocenters. The summed E-state index contributed by atoms with van der Waals surface area (Å²) in [6.45, 7) is 2.12. The lowest BCUT2D eigenvalue weighted by molar-refractivity contribution is 0.0791. The van der Waals surface area contributed by atoms with Crippen LogP contribution in [-0.2, 0) is 0 Å². The zero-order valence-corrected chi connectivity index (χ0v) is 12.0. The zero-order chi connectivity index (χ0) is 13.9. The predicted octanol–water partition coefficient (Wildman–Crippen LogP) is 3.86. The number of ether oxygens (including phenoxy) is 2. The fourth-order valence-electron chi connectivity index (χ4n) is 3.08. The molecule has 0 aromatic heterocycles. The van der Waals surface area contributed by atoms with Crippen LogP contribution in [0.25, 0.3) is 0 Å². The van der Waals surface area contributed by atoms with Gasteiger partial charge < -0.3 is 9.47 Å². The van der Waals surface area contributed by atoms with Crippen LogP contribution >= 0.6 is 0 Å². The molecule has 104 valence electrons. The molecule has 1 saturated carbocycles. The molecule has 0 radical (unpaired) electrons. The number of carbonyl (C=O) groups is 1. The summed E-state index contributed by atoms with van der Waals surface area (Å²) >= 11 is 0. The summed E-state index contributed by atoms with van der Waals surface area (Å²) in [5.74, 6) is 1.54. The topological polar surface area (TPSA) is 35.5 Å². The number of Topliss-reactive ketones (excluding diaryl/α,β-unsaturated/α-hetero) is 1. The molecule has 0 saturated heterocycles. The Morgan fingerprint density at radius 1 is 1.16 bits per heavy atom. The lowest BCUT2D eigenvalue weighted by atomic mass is 9.76. The van der Waals surface area contributed by atoms with Crippen LogP contribution in [-0.4, -0.2) is 20.0 Å². The van der Waals surface area contributed by atoms with Crippen molar-refractivity contribution < 1.29 is 14.3 Å². The Kier molecular flexibility index (Phi) is 4.13. The highest BCUT2D eigenvalue weighted by Crippen LogP contribution is 2.44. The van der Waals surface area contributed by atoms with Crippen LogP contribution in [0.4, 0.5) is 0 Å². The molecule has 1 aliphatic rings. The first-order valence-corrected chi connectivity index (χ1v) is 6.93. The average Bonchev–Trinajstić information content (AvgIpc) is 2.95. The van der Waals surface area contributed by atoms with Gasteiger partial charge in [-0.05, 0) is 37.5 Å². The van der Waals surface area contributed by atoms with Crippen LogP contribution in [0, 0.1) is 5.41 Å². The second kappa shape index (κ2) is 5.64. The number of carbonyl (C=O) groups excluding carboxylic acids is 1. The largest absolute Gasteiger partial charge is 0.493 e. The standard InChI is InChI=1S/C16H22O3/c1-4-16(9-5-6-10-16)15(17)12-7-8-13(18-2)14(11-12)19-3/h7-8,11H,4-6,9-10H2,1-3H3. The molecule has 3 nitrogen and oxygen atoms in total. The minimum absolute atomic E-state index is 0.153. The molecule has 2 rings (SSSR count). The van der Waals surface area contributed by atoms with Gasteiger partial charge in [-0.15, -0.1) is 0 Å². The fourth-order valence-corrected chi connectivity index (χ4v) is 3.08. The number of methoxy groups -OCH3 is 2. The van der Waals surface area contributed by atoms with Crippen LogP contribution < -0.4 is 9.47 Å². The van der Waals surface area contributed by atoms with Gasteiger partial charge in [0, 0.05) is 11.0 Å². The molecule has 0 amide bonds. The number of ketones is 1. The van der Waals surface area contributed by atoms with Crippen molar-refractivity contribution in [3.8, 4) is 11.5 Å². The van der Waals surface area contributed by atoms with Gasteiger partial charge in [0.05, 0.1) is 14.2 Å². The van der Waals surface area contributed by atoms with Crippen LogP contribution in [0.2, 0.25) is 0 Å². The van der Waals surface area contributed by atoms with Crippen LogP contribution in [0.15, 0.2) is 18.2 Å². The summed E-state index contributed by atoms with van der Waals surface area (Å²) in [4.78, 5) is 12.8. The summed E-state index contributed by atoms with van der Waals surface area (Å²) < 4.78 is 10.5. The van der Waals surface area contributed by atoms with E-state index in [1.165, 1.54) is 0 Å². The van der Waals surface area contributed by atoms with Crippen LogP contribution in [0.3, 0.4) is 0 Å². The van der Waals surface area contributed by atoms with Crippen molar-refractivity contribution in [2.45, 2.75) is 39.0 Å². The number of hydrogen-bond donors (Lipinski definition) is 0. The molecule has 1 fully saturated rings. The Balaban J connectivity index is 2.33. The lowest BCUT2D eigenvalue weighted by Crippen LogP contribution is -2.27. The first kappa shape index (κ1) is 13.9. The van der Waals surface area contributed by atoms with Gasteiger partial charge >= 0.3 is 0 Å². The fraction of sp³-hybridized carbons (Fsp3) is 0.562. The second-order valence-electron chi connectivity index (χ2n) is 5.24. The van der Waals surface area contributed by atoms with E-state index in [2.05, 4.69) is 6.92 Å². The van der Waals surface area contributed by atoms with Crippen LogP contribution in [0.1, 0.15) is 49.4 Å². The minimum Gasteiger partial charge on any atom is -0.493 e. The maximum atomic E-state index is 12.8. The maximum absolute atomic E-state index is 12.8. The summed E-state index contributed by atoms with van der Waals surface area (Å²) in [5, 5.41) is 0.